The quantitative estimate of drug-likeness (QED) is 0.708. The Morgan fingerprint density at radius 3 is 2.29 bits per heavy atom. The van der Waals surface area contributed by atoms with Crippen molar-refractivity contribution in [3.05, 3.63) is 71.8 Å². The second-order valence-electron chi connectivity index (χ2n) is 6.41. The number of fused-ring (bicyclic) bond motifs is 1. The van der Waals surface area contributed by atoms with E-state index in [0.29, 0.717) is 11.1 Å². The molecule has 3 N–H and O–H groups in total. The molecule has 144 valence electrons. The first-order valence-electron chi connectivity index (χ1n) is 8.47. The number of halogens is 3. The normalized spacial score (nSPS) is 12.6. The summed E-state index contributed by atoms with van der Waals surface area (Å²) in [5.41, 5.74) is 6.18. The van der Waals surface area contributed by atoms with Gasteiger partial charge in [-0.15, -0.1) is 0 Å². The molecular weight excluding hydrogens is 369 g/mol. The predicted molar refractivity (Wildman–Crippen MR) is 101 cm³/mol. The van der Waals surface area contributed by atoms with Crippen molar-refractivity contribution in [3.8, 4) is 11.1 Å². The second kappa shape index (κ2) is 7.34. The summed E-state index contributed by atoms with van der Waals surface area (Å²) in [4.78, 5) is 23.4. The number of primary amides is 1. The van der Waals surface area contributed by atoms with Gasteiger partial charge in [0.1, 0.15) is 6.04 Å². The summed E-state index contributed by atoms with van der Waals surface area (Å²) in [7, 11) is 0. The predicted octanol–water partition coefficient (Wildman–Crippen LogP) is 4.13. The Balaban J connectivity index is 1.96. The number of nitrogens with one attached hydrogen (secondary N) is 1. The average Bonchev–Trinajstić information content (AvgIpc) is 2.66. The Bertz CT molecular complexity index is 1040. The molecule has 7 heteroatoms. The Labute approximate surface area is 159 Å². The van der Waals surface area contributed by atoms with Crippen LogP contribution in [0.25, 0.3) is 21.9 Å². The average molecular weight is 386 g/mol. The number of amides is 2. The Morgan fingerprint density at radius 2 is 1.68 bits per heavy atom. The van der Waals surface area contributed by atoms with E-state index in [4.69, 9.17) is 5.73 Å². The van der Waals surface area contributed by atoms with Gasteiger partial charge in [-0.3, -0.25) is 9.59 Å². The van der Waals surface area contributed by atoms with Gasteiger partial charge in [0.15, 0.2) is 0 Å². The van der Waals surface area contributed by atoms with E-state index in [9.17, 15) is 22.8 Å². The molecule has 0 saturated heterocycles. The summed E-state index contributed by atoms with van der Waals surface area (Å²) >= 11 is 0. The van der Waals surface area contributed by atoms with Crippen LogP contribution in [-0.2, 0) is 11.0 Å². The van der Waals surface area contributed by atoms with Crippen molar-refractivity contribution in [2.45, 2.75) is 19.1 Å². The molecule has 0 aliphatic heterocycles. The standard InChI is InChI=1S/C21H17F3N2O2/c1-12(19(25)27)26-20(28)15-7-10-18-14(11-15)3-2-4-17(18)13-5-8-16(9-6-13)21(22,23)24/h2-12H,1H3,(H2,25,27)(H,26,28)/t12-/m0/s1. The summed E-state index contributed by atoms with van der Waals surface area (Å²) in [5, 5.41) is 4.05. The fraction of sp³-hybridized carbons (Fsp3) is 0.143. The molecule has 2 amide bonds. The second-order valence-corrected chi connectivity index (χ2v) is 6.41. The van der Waals surface area contributed by atoms with Gasteiger partial charge in [0.25, 0.3) is 5.91 Å². The fourth-order valence-electron chi connectivity index (χ4n) is 2.87. The molecule has 0 aliphatic rings. The maximum absolute atomic E-state index is 12.8. The van der Waals surface area contributed by atoms with Gasteiger partial charge < -0.3 is 11.1 Å². The first kappa shape index (κ1) is 19.4. The molecule has 0 bridgehead atoms. The van der Waals surface area contributed by atoms with Gasteiger partial charge >= 0.3 is 6.18 Å². The van der Waals surface area contributed by atoms with Gasteiger partial charge in [0, 0.05) is 5.56 Å². The zero-order valence-corrected chi connectivity index (χ0v) is 14.9. The lowest BCUT2D eigenvalue weighted by molar-refractivity contribution is -0.137. The van der Waals surface area contributed by atoms with Crippen molar-refractivity contribution < 1.29 is 22.8 Å². The number of benzene rings is 3. The molecule has 0 heterocycles. The first-order chi connectivity index (χ1) is 13.2. The Morgan fingerprint density at radius 1 is 1.00 bits per heavy atom. The van der Waals surface area contributed by atoms with E-state index in [1.54, 1.807) is 36.4 Å². The lowest BCUT2D eigenvalue weighted by atomic mass is 9.96. The van der Waals surface area contributed by atoms with Crippen LogP contribution < -0.4 is 11.1 Å². The number of hydrogen-bond acceptors (Lipinski definition) is 2. The third kappa shape index (κ3) is 3.98. The third-order valence-corrected chi connectivity index (χ3v) is 4.44. The summed E-state index contributed by atoms with van der Waals surface area (Å²) in [5.74, 6) is -1.08. The molecular formula is C21H17F3N2O2. The zero-order chi connectivity index (χ0) is 20.5. The molecule has 3 rings (SSSR count). The van der Waals surface area contributed by atoms with Crippen LogP contribution in [0, 0.1) is 0 Å². The summed E-state index contributed by atoms with van der Waals surface area (Å²) in [6, 6.07) is 14.5. The van der Waals surface area contributed by atoms with Gasteiger partial charge in [-0.1, -0.05) is 36.4 Å². The Kier molecular flexibility index (Phi) is 5.09. The van der Waals surface area contributed by atoms with E-state index in [0.717, 1.165) is 28.5 Å². The molecule has 0 spiro atoms. The van der Waals surface area contributed by atoms with Gasteiger partial charge in [-0.25, -0.2) is 0 Å². The molecule has 0 saturated carbocycles. The molecule has 0 aromatic heterocycles. The van der Waals surface area contributed by atoms with Crippen LogP contribution in [0.1, 0.15) is 22.8 Å². The maximum atomic E-state index is 12.8. The molecule has 28 heavy (non-hydrogen) atoms. The minimum Gasteiger partial charge on any atom is -0.368 e. The van der Waals surface area contributed by atoms with E-state index in [-0.39, 0.29) is 0 Å². The van der Waals surface area contributed by atoms with Crippen molar-refractivity contribution in [1.82, 2.24) is 5.32 Å². The molecule has 0 aliphatic carbocycles. The SMILES string of the molecule is C[C@H](NC(=O)c1ccc2c(-c3ccc(C(F)(F)F)cc3)cccc2c1)C(N)=O. The van der Waals surface area contributed by atoms with Crippen LogP contribution >= 0.6 is 0 Å². The van der Waals surface area contributed by atoms with Gasteiger partial charge in [0.2, 0.25) is 5.91 Å². The summed E-state index contributed by atoms with van der Waals surface area (Å²) in [6.45, 7) is 1.49. The molecule has 0 fully saturated rings. The highest BCUT2D eigenvalue weighted by atomic mass is 19.4. The monoisotopic (exact) mass is 386 g/mol. The van der Waals surface area contributed by atoms with Crippen LogP contribution in [-0.4, -0.2) is 17.9 Å². The minimum atomic E-state index is -4.39. The van der Waals surface area contributed by atoms with Crippen LogP contribution in [0.15, 0.2) is 60.7 Å². The minimum absolute atomic E-state index is 0.352. The molecule has 3 aromatic carbocycles. The van der Waals surface area contributed by atoms with Crippen LogP contribution in [0.3, 0.4) is 0 Å². The number of carbonyl (C=O) groups is 2. The first-order valence-corrected chi connectivity index (χ1v) is 8.47. The topological polar surface area (TPSA) is 72.2 Å². The number of alkyl halides is 3. The number of nitrogens with two attached hydrogens (primary N) is 1. The number of carbonyl (C=O) groups excluding carboxylic acids is 2. The highest BCUT2D eigenvalue weighted by Crippen LogP contribution is 2.33. The summed E-state index contributed by atoms with van der Waals surface area (Å²) in [6.07, 6.45) is -4.39. The summed E-state index contributed by atoms with van der Waals surface area (Å²) < 4.78 is 38.3. The highest BCUT2D eigenvalue weighted by molar-refractivity contribution is 6.03. The zero-order valence-electron chi connectivity index (χ0n) is 14.9. The van der Waals surface area contributed by atoms with Gasteiger partial charge in [0.05, 0.1) is 5.56 Å². The van der Waals surface area contributed by atoms with Crippen molar-refractivity contribution in [1.29, 1.82) is 0 Å². The highest BCUT2D eigenvalue weighted by Gasteiger charge is 2.30. The van der Waals surface area contributed by atoms with Crippen LogP contribution in [0.4, 0.5) is 13.2 Å². The van der Waals surface area contributed by atoms with Gasteiger partial charge in [-0.2, -0.15) is 13.2 Å². The Hall–Kier alpha value is -3.35. The van der Waals surface area contributed by atoms with Gasteiger partial charge in [-0.05, 0) is 53.1 Å². The maximum Gasteiger partial charge on any atom is 0.416 e. The van der Waals surface area contributed by atoms with E-state index in [1.807, 2.05) is 0 Å². The van der Waals surface area contributed by atoms with E-state index < -0.39 is 29.6 Å². The molecule has 1 atom stereocenters. The fourth-order valence-corrected chi connectivity index (χ4v) is 2.87. The lowest BCUT2D eigenvalue weighted by Gasteiger charge is -2.12. The molecule has 0 radical (unpaired) electrons. The van der Waals surface area contributed by atoms with Crippen LogP contribution in [0.5, 0.6) is 0 Å². The van der Waals surface area contributed by atoms with E-state index >= 15 is 0 Å². The van der Waals surface area contributed by atoms with Crippen molar-refractivity contribution in [3.63, 3.8) is 0 Å². The van der Waals surface area contributed by atoms with E-state index in [1.165, 1.54) is 19.1 Å². The number of rotatable bonds is 4. The number of hydrogen-bond donors (Lipinski definition) is 2. The van der Waals surface area contributed by atoms with Crippen molar-refractivity contribution in [2.75, 3.05) is 0 Å². The third-order valence-electron chi connectivity index (χ3n) is 4.44. The van der Waals surface area contributed by atoms with Crippen molar-refractivity contribution in [2.24, 2.45) is 5.73 Å². The van der Waals surface area contributed by atoms with Crippen molar-refractivity contribution >= 4 is 22.6 Å². The molecule has 0 unspecified atom stereocenters. The van der Waals surface area contributed by atoms with E-state index in [2.05, 4.69) is 5.32 Å². The lowest BCUT2D eigenvalue weighted by Crippen LogP contribution is -2.42. The molecule has 3 aromatic rings. The molecule has 4 nitrogen and oxygen atoms in total. The smallest absolute Gasteiger partial charge is 0.368 e. The largest absolute Gasteiger partial charge is 0.416 e. The van der Waals surface area contributed by atoms with Crippen LogP contribution in [0.2, 0.25) is 0 Å².